The van der Waals surface area contributed by atoms with Gasteiger partial charge in [-0.25, -0.2) is 0 Å². The Labute approximate surface area is 505 Å². The quantitative estimate of drug-likeness (QED) is 0.0212. The number of hydrogen-bond acceptors (Lipinski definition) is 7. The third-order valence-electron chi connectivity index (χ3n) is 13.8. The minimum Gasteiger partial charge on any atom is -0.756 e. The maximum absolute atomic E-state index is 13.6. The summed E-state index contributed by atoms with van der Waals surface area (Å²) in [5.74, 6) is -0.653. The molecule has 0 radical (unpaired) electrons. The number of amides is 1. The molecule has 0 bridgehead atoms. The number of ether oxygens (including phenoxy) is 1. The van der Waals surface area contributed by atoms with Gasteiger partial charge < -0.3 is 28.5 Å². The van der Waals surface area contributed by atoms with Crippen molar-refractivity contribution in [2.45, 2.75) is 270 Å². The number of likely N-dealkylation sites (N-methyl/N-ethyl adjacent to an activating group) is 1. The lowest BCUT2D eigenvalue weighted by Crippen LogP contribution is -2.47. The lowest BCUT2D eigenvalue weighted by Gasteiger charge is -2.30. The van der Waals surface area contributed by atoms with Crippen LogP contribution in [0.1, 0.15) is 258 Å². The summed E-state index contributed by atoms with van der Waals surface area (Å²) in [6, 6.07) is -0.932. The first kappa shape index (κ1) is 78.1. The van der Waals surface area contributed by atoms with Gasteiger partial charge in [0.25, 0.3) is 7.82 Å². The molecular formula is C72H123N2O7P. The summed E-state index contributed by atoms with van der Waals surface area (Å²) in [6.07, 6.45) is 85.8. The molecule has 0 aliphatic rings. The van der Waals surface area contributed by atoms with Gasteiger partial charge in [0.1, 0.15) is 19.3 Å². The molecular weight excluding hydrogens is 1040 g/mol. The Morgan fingerprint density at radius 1 is 0.439 bits per heavy atom. The van der Waals surface area contributed by atoms with Crippen molar-refractivity contribution in [2.24, 2.45) is 0 Å². The van der Waals surface area contributed by atoms with Crippen LogP contribution in [0.4, 0.5) is 0 Å². The summed E-state index contributed by atoms with van der Waals surface area (Å²) < 4.78 is 30.3. The minimum absolute atomic E-state index is 0.0418. The Hall–Kier alpha value is -3.85. The first-order valence-electron chi connectivity index (χ1n) is 33.0. The number of rotatable bonds is 58. The van der Waals surface area contributed by atoms with Crippen LogP contribution in [0.25, 0.3) is 0 Å². The molecule has 468 valence electrons. The summed E-state index contributed by atoms with van der Waals surface area (Å²) in [6.45, 7) is 6.64. The number of nitrogens with zero attached hydrogens (tertiary/aromatic N) is 1. The number of carbonyl (C=O) groups excluding carboxylic acids is 2. The van der Waals surface area contributed by atoms with Crippen LogP contribution in [0.3, 0.4) is 0 Å². The van der Waals surface area contributed by atoms with Crippen LogP contribution in [0.2, 0.25) is 0 Å². The first-order valence-corrected chi connectivity index (χ1v) is 34.5. The summed E-state index contributed by atoms with van der Waals surface area (Å²) in [7, 11) is 1.12. The predicted octanol–water partition coefficient (Wildman–Crippen LogP) is 20.2. The highest BCUT2D eigenvalue weighted by molar-refractivity contribution is 7.45. The van der Waals surface area contributed by atoms with Gasteiger partial charge in [0, 0.05) is 12.8 Å². The zero-order valence-electron chi connectivity index (χ0n) is 53.4. The Balaban J connectivity index is 5.28. The molecule has 10 heteroatoms. The maximum atomic E-state index is 13.6. The highest BCUT2D eigenvalue weighted by Gasteiger charge is 2.27. The molecule has 0 rings (SSSR count). The van der Waals surface area contributed by atoms with Crippen molar-refractivity contribution < 1.29 is 37.3 Å². The normalized spacial score (nSPS) is 14.5. The standard InChI is InChI=1S/C72H123N2O7P/c1-7-10-13-16-19-22-25-28-30-32-34-35-36-37-38-39-41-42-44-46-49-52-55-58-61-64-71(75)73-69(68-80-82(77,78)79-67-66-74(4,5)6)70(63-60-57-54-51-48-27-24-21-18-15-12-9-3)81-72(76)65-62-59-56-53-50-47-45-43-40-33-31-29-26-23-20-17-14-11-8-2/h11,14,19-20,22-23,28-31,34-35,37-38,40,43,47,50,56,59-60,63,69-70H,7-10,12-13,15-18,21,24-27,32-33,36,39,41-42,44-46,48-49,51-55,57-58,61-62,64-68H2,1-6H3,(H-,73,75,77,78)/b14-11-,22-19-,23-20-,30-28-,31-29-,35-34-,38-37-,43-40-,50-47-,59-56-,63-60-. The van der Waals surface area contributed by atoms with Crippen molar-refractivity contribution in [3.63, 3.8) is 0 Å². The summed E-state index contributed by atoms with van der Waals surface area (Å²) in [5.41, 5.74) is 0. The molecule has 0 aliphatic heterocycles. The van der Waals surface area contributed by atoms with E-state index in [1.165, 1.54) is 109 Å². The number of phosphoric ester groups is 1. The average molecular weight is 1160 g/mol. The minimum atomic E-state index is -4.73. The van der Waals surface area contributed by atoms with E-state index in [-0.39, 0.29) is 25.4 Å². The van der Waals surface area contributed by atoms with Crippen molar-refractivity contribution >= 4 is 19.7 Å². The Bertz CT molecular complexity index is 1860. The van der Waals surface area contributed by atoms with Gasteiger partial charge in [0.2, 0.25) is 5.91 Å². The van der Waals surface area contributed by atoms with Crippen LogP contribution in [0.15, 0.2) is 134 Å². The van der Waals surface area contributed by atoms with Crippen molar-refractivity contribution in [1.29, 1.82) is 0 Å². The van der Waals surface area contributed by atoms with Gasteiger partial charge in [-0.3, -0.25) is 14.2 Å². The van der Waals surface area contributed by atoms with Gasteiger partial charge in [-0.1, -0.05) is 264 Å². The van der Waals surface area contributed by atoms with Crippen molar-refractivity contribution in [2.75, 3.05) is 40.9 Å². The van der Waals surface area contributed by atoms with Crippen molar-refractivity contribution in [3.05, 3.63) is 134 Å². The molecule has 82 heavy (non-hydrogen) atoms. The first-order chi connectivity index (χ1) is 39.9. The van der Waals surface area contributed by atoms with Crippen molar-refractivity contribution in [3.8, 4) is 0 Å². The van der Waals surface area contributed by atoms with E-state index in [1.54, 1.807) is 6.08 Å². The van der Waals surface area contributed by atoms with E-state index in [1.807, 2.05) is 39.4 Å². The molecule has 9 nitrogen and oxygen atoms in total. The Morgan fingerprint density at radius 3 is 1.22 bits per heavy atom. The maximum Gasteiger partial charge on any atom is 0.306 e. The fourth-order valence-corrected chi connectivity index (χ4v) is 9.49. The average Bonchev–Trinajstić information content (AvgIpc) is 3.44. The molecule has 0 heterocycles. The topological polar surface area (TPSA) is 114 Å². The fraction of sp³-hybridized carbons (Fsp3) is 0.667. The molecule has 3 unspecified atom stereocenters. The van der Waals surface area contributed by atoms with Gasteiger partial charge in [-0.15, -0.1) is 0 Å². The smallest absolute Gasteiger partial charge is 0.306 e. The van der Waals surface area contributed by atoms with E-state index in [0.717, 1.165) is 103 Å². The summed E-state index contributed by atoms with van der Waals surface area (Å²) >= 11 is 0. The molecule has 0 aromatic carbocycles. The number of allylic oxidation sites excluding steroid dienone is 21. The lowest BCUT2D eigenvalue weighted by molar-refractivity contribution is -0.870. The van der Waals surface area contributed by atoms with Crippen LogP contribution in [0, 0.1) is 0 Å². The third kappa shape index (κ3) is 60.7. The number of carbonyl (C=O) groups is 2. The second-order valence-electron chi connectivity index (χ2n) is 22.9. The Morgan fingerprint density at radius 2 is 0.793 bits per heavy atom. The van der Waals surface area contributed by atoms with E-state index >= 15 is 0 Å². The molecule has 1 N–H and O–H groups in total. The van der Waals surface area contributed by atoms with Gasteiger partial charge in [-0.05, 0) is 115 Å². The number of phosphoric acid groups is 1. The number of hydrogen-bond donors (Lipinski definition) is 1. The SMILES string of the molecule is CC/C=C\C/C=C\C/C=C\C/C=C\C/C=C\C/C=C\CCC(=O)OC(/C=C\CCCCCCCCCCCC)C(COP(=O)([O-])OCC[N+](C)(C)C)NC(=O)CCCCCCCCCCC/C=C\C/C=C\C/C=C\C/C=C\CCCCC. The monoisotopic (exact) mass is 1160 g/mol. The predicted molar refractivity (Wildman–Crippen MR) is 353 cm³/mol. The second-order valence-corrected chi connectivity index (χ2v) is 24.3. The highest BCUT2D eigenvalue weighted by Crippen LogP contribution is 2.38. The molecule has 0 fully saturated rings. The zero-order chi connectivity index (χ0) is 60.0. The zero-order valence-corrected chi connectivity index (χ0v) is 54.3. The fourth-order valence-electron chi connectivity index (χ4n) is 8.77. The molecule has 0 saturated heterocycles. The van der Waals surface area contributed by atoms with E-state index < -0.39 is 32.5 Å². The molecule has 3 atom stereocenters. The van der Waals surface area contributed by atoms with Gasteiger partial charge in [0.05, 0.1) is 33.8 Å². The Kier molecular flexibility index (Phi) is 57.4. The van der Waals surface area contributed by atoms with E-state index in [0.29, 0.717) is 23.9 Å². The summed E-state index contributed by atoms with van der Waals surface area (Å²) in [4.78, 5) is 40.0. The molecule has 0 spiro atoms. The molecule has 1 amide bonds. The van der Waals surface area contributed by atoms with E-state index in [2.05, 4.69) is 135 Å². The van der Waals surface area contributed by atoms with E-state index in [9.17, 15) is 19.0 Å². The van der Waals surface area contributed by atoms with Crippen LogP contribution in [-0.2, 0) is 27.9 Å². The molecule has 0 saturated carbocycles. The number of unbranched alkanes of at least 4 members (excludes halogenated alkanes) is 22. The van der Waals surface area contributed by atoms with Crippen molar-refractivity contribution in [1.82, 2.24) is 5.32 Å². The van der Waals surface area contributed by atoms with Crippen LogP contribution in [0.5, 0.6) is 0 Å². The third-order valence-corrected chi connectivity index (χ3v) is 14.8. The summed E-state index contributed by atoms with van der Waals surface area (Å²) in [5, 5.41) is 3.01. The largest absolute Gasteiger partial charge is 0.756 e. The number of nitrogens with one attached hydrogen (secondary N) is 1. The van der Waals surface area contributed by atoms with Crippen LogP contribution >= 0.6 is 7.82 Å². The molecule has 0 aromatic heterocycles. The lowest BCUT2D eigenvalue weighted by atomic mass is 10.0. The van der Waals surface area contributed by atoms with Gasteiger partial charge in [0.15, 0.2) is 0 Å². The van der Waals surface area contributed by atoms with E-state index in [4.69, 9.17) is 13.8 Å². The number of esters is 1. The second kappa shape index (κ2) is 60.3. The number of quaternary nitrogens is 1. The van der Waals surface area contributed by atoms with Gasteiger partial charge >= 0.3 is 5.97 Å². The molecule has 0 aromatic rings. The van der Waals surface area contributed by atoms with Crippen LogP contribution < -0.4 is 10.2 Å². The van der Waals surface area contributed by atoms with Crippen LogP contribution in [-0.4, -0.2) is 69.4 Å². The highest BCUT2D eigenvalue weighted by atomic mass is 31.2. The molecule has 0 aliphatic carbocycles. The van der Waals surface area contributed by atoms with Gasteiger partial charge in [-0.2, -0.15) is 0 Å².